The Bertz CT molecular complexity index is 3770. The maximum atomic E-state index is 6.99. The standard InChI is InChI=1S/C59H39NO/c1-59(2)54-25-12-11-23-48(54)49-30-27-40(35-55(49)59)60(38-26-29-47-45-21-8-7-19-43(45)44-20-9-10-22-46(44)51(47)33-38)39-28-31-56-52(34-39)53-32-37-15-4-6-18-42(37)57(58(53)61-56)50-24-13-16-36-14-3-5-17-41(36)50/h3-35H,1-2H3. The normalized spacial score (nSPS) is 13.2. The van der Waals surface area contributed by atoms with Gasteiger partial charge in [0, 0.05) is 38.8 Å². The highest BCUT2D eigenvalue weighted by Gasteiger charge is 2.36. The van der Waals surface area contributed by atoms with E-state index in [0.29, 0.717) is 0 Å². The summed E-state index contributed by atoms with van der Waals surface area (Å²) in [5.74, 6) is 0. The summed E-state index contributed by atoms with van der Waals surface area (Å²) in [6.45, 7) is 4.72. The molecule has 0 aliphatic heterocycles. The van der Waals surface area contributed by atoms with Gasteiger partial charge in [0.1, 0.15) is 11.2 Å². The zero-order valence-corrected chi connectivity index (χ0v) is 33.9. The van der Waals surface area contributed by atoms with Gasteiger partial charge in [0.15, 0.2) is 0 Å². The molecule has 2 nitrogen and oxygen atoms in total. The van der Waals surface area contributed by atoms with Gasteiger partial charge >= 0.3 is 0 Å². The monoisotopic (exact) mass is 777 g/mol. The van der Waals surface area contributed by atoms with Crippen LogP contribution in [0.3, 0.4) is 0 Å². The van der Waals surface area contributed by atoms with Crippen molar-refractivity contribution in [2.24, 2.45) is 0 Å². The van der Waals surface area contributed by atoms with E-state index < -0.39 is 0 Å². The van der Waals surface area contributed by atoms with E-state index in [-0.39, 0.29) is 5.41 Å². The van der Waals surface area contributed by atoms with Gasteiger partial charge in [-0.3, -0.25) is 0 Å². The first-order valence-corrected chi connectivity index (χ1v) is 21.3. The average Bonchev–Trinajstić information content (AvgIpc) is 3.78. The number of rotatable bonds is 4. The number of nitrogens with zero attached hydrogens (tertiary/aromatic N) is 1. The van der Waals surface area contributed by atoms with Gasteiger partial charge in [-0.1, -0.05) is 166 Å². The van der Waals surface area contributed by atoms with Crippen molar-refractivity contribution >= 4 is 92.9 Å². The third-order valence-electron chi connectivity index (χ3n) is 13.6. The lowest BCUT2D eigenvalue weighted by Gasteiger charge is -2.28. The lowest BCUT2D eigenvalue weighted by Crippen LogP contribution is -2.16. The summed E-state index contributed by atoms with van der Waals surface area (Å²) in [4.78, 5) is 2.45. The average molecular weight is 778 g/mol. The molecule has 11 aromatic carbocycles. The Morgan fingerprint density at radius 1 is 0.344 bits per heavy atom. The Morgan fingerprint density at radius 2 is 0.869 bits per heavy atom. The van der Waals surface area contributed by atoms with Gasteiger partial charge in [0.05, 0.1) is 0 Å². The molecule has 1 heterocycles. The molecule has 0 N–H and O–H groups in total. The largest absolute Gasteiger partial charge is 0.455 e. The van der Waals surface area contributed by atoms with Crippen molar-refractivity contribution in [3.63, 3.8) is 0 Å². The lowest BCUT2D eigenvalue weighted by molar-refractivity contribution is 0.660. The highest BCUT2D eigenvalue weighted by atomic mass is 16.3. The van der Waals surface area contributed by atoms with E-state index in [4.69, 9.17) is 4.42 Å². The molecule has 2 heteroatoms. The van der Waals surface area contributed by atoms with Crippen LogP contribution in [0.15, 0.2) is 205 Å². The number of benzene rings is 11. The van der Waals surface area contributed by atoms with Crippen LogP contribution in [0.1, 0.15) is 25.0 Å². The van der Waals surface area contributed by atoms with Crippen LogP contribution in [0.2, 0.25) is 0 Å². The summed E-state index contributed by atoms with van der Waals surface area (Å²) in [6, 6.07) is 73.7. The minimum atomic E-state index is -0.143. The van der Waals surface area contributed by atoms with Crippen molar-refractivity contribution < 1.29 is 4.42 Å². The van der Waals surface area contributed by atoms with Gasteiger partial charge < -0.3 is 9.32 Å². The summed E-state index contributed by atoms with van der Waals surface area (Å²) in [7, 11) is 0. The van der Waals surface area contributed by atoms with Gasteiger partial charge in [0.25, 0.3) is 0 Å². The molecule has 0 bridgehead atoms. The third kappa shape index (κ3) is 4.91. The summed E-state index contributed by atoms with van der Waals surface area (Å²) >= 11 is 0. The second-order valence-corrected chi connectivity index (χ2v) is 17.2. The van der Waals surface area contributed by atoms with Gasteiger partial charge in [-0.05, 0) is 130 Å². The highest BCUT2D eigenvalue weighted by molar-refractivity contribution is 6.26. The van der Waals surface area contributed by atoms with E-state index in [1.807, 2.05) is 0 Å². The first kappa shape index (κ1) is 34.2. The molecule has 1 aliphatic carbocycles. The number of hydrogen-bond acceptors (Lipinski definition) is 2. The Kier molecular flexibility index (Phi) is 7.10. The van der Waals surface area contributed by atoms with E-state index >= 15 is 0 Å². The van der Waals surface area contributed by atoms with Gasteiger partial charge in [-0.15, -0.1) is 0 Å². The van der Waals surface area contributed by atoms with E-state index in [1.165, 1.54) is 81.7 Å². The van der Waals surface area contributed by atoms with Crippen LogP contribution in [0, 0.1) is 0 Å². The molecular formula is C59H39NO. The molecule has 13 rings (SSSR count). The second-order valence-electron chi connectivity index (χ2n) is 17.2. The lowest BCUT2D eigenvalue weighted by atomic mass is 9.82. The van der Waals surface area contributed by atoms with E-state index in [0.717, 1.165) is 44.6 Å². The smallest absolute Gasteiger partial charge is 0.143 e. The van der Waals surface area contributed by atoms with Crippen molar-refractivity contribution in [1.29, 1.82) is 0 Å². The van der Waals surface area contributed by atoms with Crippen molar-refractivity contribution in [2.75, 3.05) is 4.90 Å². The van der Waals surface area contributed by atoms with Crippen molar-refractivity contribution in [2.45, 2.75) is 19.3 Å². The molecule has 1 aliphatic rings. The quantitative estimate of drug-likeness (QED) is 0.166. The molecule has 1 aromatic heterocycles. The predicted molar refractivity (Wildman–Crippen MR) is 259 cm³/mol. The van der Waals surface area contributed by atoms with E-state index in [1.54, 1.807) is 0 Å². The molecule has 0 saturated heterocycles. The Hall–Kier alpha value is -7.68. The van der Waals surface area contributed by atoms with E-state index in [2.05, 4.69) is 219 Å². The van der Waals surface area contributed by atoms with Gasteiger partial charge in [0.2, 0.25) is 0 Å². The minimum absolute atomic E-state index is 0.143. The molecule has 0 amide bonds. The fourth-order valence-corrected chi connectivity index (χ4v) is 10.7. The topological polar surface area (TPSA) is 16.4 Å². The Balaban J connectivity index is 1.08. The van der Waals surface area contributed by atoms with Crippen LogP contribution in [0.5, 0.6) is 0 Å². The van der Waals surface area contributed by atoms with Crippen LogP contribution in [0.25, 0.3) is 98.1 Å². The number of fused-ring (bicyclic) bond motifs is 14. The molecule has 0 radical (unpaired) electrons. The Morgan fingerprint density at radius 3 is 1.64 bits per heavy atom. The zero-order chi connectivity index (χ0) is 40.4. The van der Waals surface area contributed by atoms with E-state index in [9.17, 15) is 0 Å². The molecule has 0 fully saturated rings. The van der Waals surface area contributed by atoms with Crippen LogP contribution < -0.4 is 4.90 Å². The maximum absolute atomic E-state index is 6.99. The number of anilines is 3. The fraction of sp³-hybridized carbons (Fsp3) is 0.0508. The van der Waals surface area contributed by atoms with Crippen LogP contribution in [-0.2, 0) is 5.41 Å². The first-order chi connectivity index (χ1) is 30.0. The number of hydrogen-bond donors (Lipinski definition) is 0. The maximum Gasteiger partial charge on any atom is 0.143 e. The summed E-state index contributed by atoms with van der Waals surface area (Å²) in [5, 5.41) is 14.6. The molecule has 0 atom stereocenters. The van der Waals surface area contributed by atoms with Crippen LogP contribution in [-0.4, -0.2) is 0 Å². The molecule has 12 aromatic rings. The molecule has 0 unspecified atom stereocenters. The minimum Gasteiger partial charge on any atom is -0.455 e. The molecule has 61 heavy (non-hydrogen) atoms. The molecule has 0 saturated carbocycles. The van der Waals surface area contributed by atoms with Crippen LogP contribution >= 0.6 is 0 Å². The summed E-state index contributed by atoms with van der Waals surface area (Å²) < 4.78 is 6.99. The molecular weight excluding hydrogens is 739 g/mol. The van der Waals surface area contributed by atoms with Crippen molar-refractivity contribution in [1.82, 2.24) is 0 Å². The molecule has 0 spiro atoms. The summed E-state index contributed by atoms with van der Waals surface area (Å²) in [6.07, 6.45) is 0. The molecule has 286 valence electrons. The van der Waals surface area contributed by atoms with Crippen molar-refractivity contribution in [3.8, 4) is 22.3 Å². The Labute approximate surface area is 353 Å². The SMILES string of the molecule is CC1(C)c2ccccc2-c2ccc(N(c3ccc4oc5c(-c6cccc7ccccc67)c6ccccc6cc5c4c3)c3ccc4c5ccccc5c5ccccc5c4c3)cc21. The fourth-order valence-electron chi connectivity index (χ4n) is 10.7. The first-order valence-electron chi connectivity index (χ1n) is 21.3. The van der Waals surface area contributed by atoms with Crippen molar-refractivity contribution in [3.05, 3.63) is 211 Å². The third-order valence-corrected chi connectivity index (χ3v) is 13.6. The van der Waals surface area contributed by atoms with Crippen LogP contribution in [0.4, 0.5) is 17.1 Å². The second kappa shape index (κ2) is 12.7. The summed E-state index contributed by atoms with van der Waals surface area (Å²) in [5.41, 5.74) is 12.6. The predicted octanol–water partition coefficient (Wildman–Crippen LogP) is 16.8. The number of furan rings is 1. The zero-order valence-electron chi connectivity index (χ0n) is 33.9. The van der Waals surface area contributed by atoms with Gasteiger partial charge in [-0.2, -0.15) is 0 Å². The highest BCUT2D eigenvalue weighted by Crippen LogP contribution is 2.52. The van der Waals surface area contributed by atoms with Gasteiger partial charge in [-0.25, -0.2) is 0 Å².